The van der Waals surface area contributed by atoms with Gasteiger partial charge in [0.15, 0.2) is 11.5 Å². The number of anilines is 2. The van der Waals surface area contributed by atoms with E-state index >= 15 is 0 Å². The van der Waals surface area contributed by atoms with Crippen LogP contribution in [-0.4, -0.2) is 43.8 Å². The predicted molar refractivity (Wildman–Crippen MR) is 95.2 cm³/mol. The van der Waals surface area contributed by atoms with Gasteiger partial charge in [-0.3, -0.25) is 0 Å². The van der Waals surface area contributed by atoms with Crippen LogP contribution in [0.25, 0.3) is 0 Å². The number of benzene rings is 1. The van der Waals surface area contributed by atoms with Crippen molar-refractivity contribution < 1.29 is 9.47 Å². The fourth-order valence-corrected chi connectivity index (χ4v) is 2.91. The van der Waals surface area contributed by atoms with Crippen molar-refractivity contribution in [2.75, 3.05) is 44.1 Å². The first-order valence-corrected chi connectivity index (χ1v) is 8.33. The summed E-state index contributed by atoms with van der Waals surface area (Å²) in [7, 11) is 3.29. The summed E-state index contributed by atoms with van der Waals surface area (Å²) in [6, 6.07) is 7.95. The first-order valence-electron chi connectivity index (χ1n) is 8.33. The van der Waals surface area contributed by atoms with Gasteiger partial charge in [0.1, 0.15) is 5.82 Å². The lowest BCUT2D eigenvalue weighted by Gasteiger charge is -2.16. The molecule has 1 aromatic carbocycles. The maximum atomic E-state index is 5.34. The summed E-state index contributed by atoms with van der Waals surface area (Å²) in [5, 5.41) is 3.30. The van der Waals surface area contributed by atoms with Crippen molar-refractivity contribution >= 4 is 11.8 Å². The number of nitrogens with one attached hydrogen (secondary N) is 1. The Kier molecular flexibility index (Phi) is 5.36. The van der Waals surface area contributed by atoms with E-state index in [9.17, 15) is 0 Å². The third-order valence-corrected chi connectivity index (χ3v) is 4.22. The highest BCUT2D eigenvalue weighted by Crippen LogP contribution is 2.27. The molecule has 1 aliphatic heterocycles. The summed E-state index contributed by atoms with van der Waals surface area (Å²) in [5.41, 5.74) is 1.18. The van der Waals surface area contributed by atoms with E-state index in [-0.39, 0.29) is 0 Å². The largest absolute Gasteiger partial charge is 0.493 e. The summed E-state index contributed by atoms with van der Waals surface area (Å²) in [4.78, 5) is 11.2. The molecule has 1 fully saturated rings. The third kappa shape index (κ3) is 3.88. The first-order chi connectivity index (χ1) is 11.8. The number of nitrogens with zero attached hydrogens (tertiary/aromatic N) is 3. The number of ether oxygens (including phenoxy) is 2. The van der Waals surface area contributed by atoms with Crippen molar-refractivity contribution in [1.82, 2.24) is 9.97 Å². The second-order valence-corrected chi connectivity index (χ2v) is 5.80. The summed E-state index contributed by atoms with van der Waals surface area (Å²) in [6.07, 6.45) is 5.16. The van der Waals surface area contributed by atoms with Gasteiger partial charge in [-0.25, -0.2) is 4.98 Å². The molecule has 1 saturated heterocycles. The highest BCUT2D eigenvalue weighted by molar-refractivity contribution is 5.44. The Labute approximate surface area is 142 Å². The van der Waals surface area contributed by atoms with Gasteiger partial charge in [-0.05, 0) is 43.0 Å². The second kappa shape index (κ2) is 7.86. The molecule has 0 radical (unpaired) electrons. The molecule has 2 heterocycles. The van der Waals surface area contributed by atoms with Crippen LogP contribution in [0.1, 0.15) is 18.4 Å². The standard InChI is InChI=1S/C18H24N4O2/c1-23-15-6-5-14(13-16(15)24-2)7-9-19-18-20-10-8-17(21-18)22-11-3-4-12-22/h5-6,8,10,13H,3-4,7,9,11-12H2,1-2H3,(H,19,20,21). The minimum atomic E-state index is 0.680. The van der Waals surface area contributed by atoms with Crippen LogP contribution >= 0.6 is 0 Å². The Morgan fingerprint density at radius 2 is 1.88 bits per heavy atom. The molecule has 1 N–H and O–H groups in total. The molecule has 0 bridgehead atoms. The molecule has 0 spiro atoms. The minimum absolute atomic E-state index is 0.680. The van der Waals surface area contributed by atoms with Gasteiger partial charge in [-0.2, -0.15) is 4.98 Å². The van der Waals surface area contributed by atoms with Crippen molar-refractivity contribution in [2.45, 2.75) is 19.3 Å². The van der Waals surface area contributed by atoms with Crippen LogP contribution in [0.15, 0.2) is 30.5 Å². The van der Waals surface area contributed by atoms with Crippen molar-refractivity contribution in [2.24, 2.45) is 0 Å². The van der Waals surface area contributed by atoms with Crippen LogP contribution in [-0.2, 0) is 6.42 Å². The topological polar surface area (TPSA) is 59.5 Å². The summed E-state index contributed by atoms with van der Waals surface area (Å²) >= 11 is 0. The molecule has 6 heteroatoms. The van der Waals surface area contributed by atoms with Crippen molar-refractivity contribution in [1.29, 1.82) is 0 Å². The molecule has 3 rings (SSSR count). The summed E-state index contributed by atoms with van der Waals surface area (Å²) in [6.45, 7) is 2.93. The zero-order chi connectivity index (χ0) is 16.8. The fraction of sp³-hybridized carbons (Fsp3) is 0.444. The molecular weight excluding hydrogens is 304 g/mol. The van der Waals surface area contributed by atoms with Crippen LogP contribution in [0.4, 0.5) is 11.8 Å². The lowest BCUT2D eigenvalue weighted by atomic mass is 10.1. The molecule has 24 heavy (non-hydrogen) atoms. The Bertz CT molecular complexity index is 672. The third-order valence-electron chi connectivity index (χ3n) is 4.22. The van der Waals surface area contributed by atoms with Crippen LogP contribution in [0.3, 0.4) is 0 Å². The van der Waals surface area contributed by atoms with E-state index in [2.05, 4.69) is 20.2 Å². The van der Waals surface area contributed by atoms with Crippen molar-refractivity contribution in [3.05, 3.63) is 36.0 Å². The highest BCUT2D eigenvalue weighted by Gasteiger charge is 2.13. The Hall–Kier alpha value is -2.50. The fourth-order valence-electron chi connectivity index (χ4n) is 2.91. The molecule has 0 unspecified atom stereocenters. The number of methoxy groups -OCH3 is 2. The van der Waals surface area contributed by atoms with Crippen LogP contribution in [0.5, 0.6) is 11.5 Å². The number of hydrogen-bond donors (Lipinski definition) is 1. The molecule has 2 aromatic rings. The molecule has 0 atom stereocenters. The smallest absolute Gasteiger partial charge is 0.224 e. The van der Waals surface area contributed by atoms with Crippen molar-refractivity contribution in [3.63, 3.8) is 0 Å². The summed E-state index contributed by atoms with van der Waals surface area (Å²) < 4.78 is 10.6. The van der Waals surface area contributed by atoms with E-state index < -0.39 is 0 Å². The minimum Gasteiger partial charge on any atom is -0.493 e. The second-order valence-electron chi connectivity index (χ2n) is 5.80. The van der Waals surface area contributed by atoms with Gasteiger partial charge in [0.2, 0.25) is 5.95 Å². The molecule has 0 saturated carbocycles. The van der Waals surface area contributed by atoms with E-state index in [4.69, 9.17) is 9.47 Å². The molecule has 6 nitrogen and oxygen atoms in total. The zero-order valence-electron chi connectivity index (χ0n) is 14.3. The Balaban J connectivity index is 1.57. The van der Waals surface area contributed by atoms with Crippen LogP contribution in [0, 0.1) is 0 Å². The average Bonchev–Trinajstić information content (AvgIpc) is 3.16. The van der Waals surface area contributed by atoms with E-state index in [0.717, 1.165) is 43.4 Å². The number of hydrogen-bond acceptors (Lipinski definition) is 6. The van der Waals surface area contributed by atoms with Crippen LogP contribution < -0.4 is 19.7 Å². The monoisotopic (exact) mass is 328 g/mol. The predicted octanol–water partition coefficient (Wildman–Crippen LogP) is 2.75. The van der Waals surface area contributed by atoms with Gasteiger partial charge >= 0.3 is 0 Å². The highest BCUT2D eigenvalue weighted by atomic mass is 16.5. The SMILES string of the molecule is COc1ccc(CCNc2nccc(N3CCCC3)n2)cc1OC. The molecular formula is C18H24N4O2. The van der Waals surface area contributed by atoms with E-state index in [1.807, 2.05) is 30.5 Å². The molecule has 0 amide bonds. The lowest BCUT2D eigenvalue weighted by molar-refractivity contribution is 0.354. The number of rotatable bonds is 7. The van der Waals surface area contributed by atoms with Gasteiger partial charge in [0, 0.05) is 25.8 Å². The summed E-state index contributed by atoms with van der Waals surface area (Å²) in [5.74, 6) is 3.19. The molecule has 128 valence electrons. The van der Waals surface area contributed by atoms with Gasteiger partial charge < -0.3 is 19.7 Å². The maximum Gasteiger partial charge on any atom is 0.224 e. The molecule has 0 aliphatic carbocycles. The van der Waals surface area contributed by atoms with Gasteiger partial charge in [-0.15, -0.1) is 0 Å². The number of aromatic nitrogens is 2. The quantitative estimate of drug-likeness (QED) is 0.843. The van der Waals surface area contributed by atoms with E-state index in [1.54, 1.807) is 14.2 Å². The van der Waals surface area contributed by atoms with Gasteiger partial charge in [0.25, 0.3) is 0 Å². The normalized spacial score (nSPS) is 13.8. The Morgan fingerprint density at radius 1 is 1.08 bits per heavy atom. The average molecular weight is 328 g/mol. The zero-order valence-corrected chi connectivity index (χ0v) is 14.3. The van der Waals surface area contributed by atoms with Gasteiger partial charge in [-0.1, -0.05) is 6.07 Å². The van der Waals surface area contributed by atoms with E-state index in [0.29, 0.717) is 5.95 Å². The van der Waals surface area contributed by atoms with Gasteiger partial charge in [0.05, 0.1) is 14.2 Å². The Morgan fingerprint density at radius 3 is 2.62 bits per heavy atom. The first kappa shape index (κ1) is 16.4. The van der Waals surface area contributed by atoms with Crippen LogP contribution in [0.2, 0.25) is 0 Å². The maximum absolute atomic E-state index is 5.34. The molecule has 1 aliphatic rings. The van der Waals surface area contributed by atoms with E-state index in [1.165, 1.54) is 18.4 Å². The lowest BCUT2D eigenvalue weighted by Crippen LogP contribution is -2.20. The molecule has 1 aromatic heterocycles. The van der Waals surface area contributed by atoms with Crippen molar-refractivity contribution in [3.8, 4) is 11.5 Å².